The zero-order valence-corrected chi connectivity index (χ0v) is 20.8. The van der Waals surface area contributed by atoms with Crippen molar-refractivity contribution in [3.63, 3.8) is 0 Å². The van der Waals surface area contributed by atoms with Gasteiger partial charge < -0.3 is 10.4 Å². The number of carboxylic acid groups (broad SMARTS) is 1. The quantitative estimate of drug-likeness (QED) is 0.470. The largest absolute Gasteiger partial charge is 0.480 e. The first kappa shape index (κ1) is 25.4. The van der Waals surface area contributed by atoms with Crippen LogP contribution >= 0.6 is 23.2 Å². The van der Waals surface area contributed by atoms with Crippen molar-refractivity contribution in [2.45, 2.75) is 32.2 Å². The van der Waals surface area contributed by atoms with E-state index in [9.17, 15) is 19.5 Å². The molecule has 1 aromatic carbocycles. The van der Waals surface area contributed by atoms with E-state index in [1.54, 1.807) is 38.1 Å². The van der Waals surface area contributed by atoms with E-state index in [4.69, 9.17) is 23.2 Å². The van der Waals surface area contributed by atoms with Crippen LogP contribution in [0, 0.1) is 5.41 Å². The number of aliphatic imine (C=N–C) groups is 1. The number of halogens is 2. The lowest BCUT2D eigenvalue weighted by Crippen LogP contribution is -2.54. The van der Waals surface area contributed by atoms with Crippen LogP contribution in [-0.2, 0) is 16.0 Å². The third kappa shape index (κ3) is 4.98. The molecule has 2 N–H and O–H groups in total. The fourth-order valence-corrected chi connectivity index (χ4v) is 4.53. The number of carboxylic acids is 1. The molecule has 1 aliphatic rings. The molecule has 0 bridgehead atoms. The highest BCUT2D eigenvalue weighted by atomic mass is 35.5. The van der Waals surface area contributed by atoms with Crippen LogP contribution in [0.4, 0.5) is 5.69 Å². The van der Waals surface area contributed by atoms with E-state index in [0.717, 1.165) is 0 Å². The highest BCUT2D eigenvalue weighted by Crippen LogP contribution is 2.44. The van der Waals surface area contributed by atoms with E-state index in [2.05, 4.69) is 25.3 Å². The standard InChI is InChI=1S/C25H21Cl2N5O4/c1-25(2)21(20(22(25)33)18-12-28-7-8-30-18)32-17(24(35)36)9-13-3-5-14(6-4-13)31-23(34)19-15(26)10-29-11-16(19)27/h3-8,10-12,17,20H,9H2,1-2H3,(H,31,34)(H,35,36)/t17-,20?/m0/s1. The zero-order valence-electron chi connectivity index (χ0n) is 19.3. The second-order valence-electron chi connectivity index (χ2n) is 8.75. The molecule has 0 spiro atoms. The number of anilines is 1. The summed E-state index contributed by atoms with van der Waals surface area (Å²) in [5.74, 6) is -2.41. The lowest BCUT2D eigenvalue weighted by molar-refractivity contribution is -0.138. The van der Waals surface area contributed by atoms with Gasteiger partial charge in [0.1, 0.15) is 5.92 Å². The highest BCUT2D eigenvalue weighted by molar-refractivity contribution is 6.40. The van der Waals surface area contributed by atoms with E-state index >= 15 is 0 Å². The second-order valence-corrected chi connectivity index (χ2v) is 9.57. The molecule has 2 atom stereocenters. The molecule has 1 amide bonds. The van der Waals surface area contributed by atoms with Crippen molar-refractivity contribution < 1.29 is 19.5 Å². The van der Waals surface area contributed by atoms with Gasteiger partial charge in [-0.25, -0.2) is 4.79 Å². The molecule has 3 aromatic rings. The first-order valence-corrected chi connectivity index (χ1v) is 11.7. The van der Waals surface area contributed by atoms with Gasteiger partial charge >= 0.3 is 5.97 Å². The maximum absolute atomic E-state index is 12.7. The number of nitrogens with zero attached hydrogens (tertiary/aromatic N) is 4. The van der Waals surface area contributed by atoms with Gasteiger partial charge in [0.05, 0.1) is 26.7 Å². The maximum Gasteiger partial charge on any atom is 0.328 e. The molecule has 2 heterocycles. The van der Waals surface area contributed by atoms with Crippen LogP contribution in [-0.4, -0.2) is 49.5 Å². The summed E-state index contributed by atoms with van der Waals surface area (Å²) in [7, 11) is 0. The monoisotopic (exact) mass is 525 g/mol. The van der Waals surface area contributed by atoms with Gasteiger partial charge in [-0.3, -0.25) is 29.5 Å². The molecule has 0 aliphatic heterocycles. The number of Topliss-reactive ketones (excluding diaryl/α,β-unsaturated/α-hetero) is 1. The summed E-state index contributed by atoms with van der Waals surface area (Å²) in [5, 5.41) is 12.8. The van der Waals surface area contributed by atoms with Gasteiger partial charge in [-0.05, 0) is 31.5 Å². The SMILES string of the molecule is CC1(C)C(=O)C(c2cnccn2)C1=N[C@@H](Cc1ccc(NC(=O)c2c(Cl)cncc2Cl)cc1)C(=O)O. The molecule has 1 unspecified atom stereocenters. The number of hydrogen-bond donors (Lipinski definition) is 2. The summed E-state index contributed by atoms with van der Waals surface area (Å²) in [6.07, 6.45) is 7.21. The Bertz CT molecular complexity index is 1340. The topological polar surface area (TPSA) is 134 Å². The molecular formula is C25H21Cl2N5O4. The first-order chi connectivity index (χ1) is 17.1. The number of hydrogen-bond acceptors (Lipinski definition) is 7. The molecule has 2 aromatic heterocycles. The first-order valence-electron chi connectivity index (χ1n) is 10.9. The molecule has 4 rings (SSSR count). The lowest BCUT2D eigenvalue weighted by Gasteiger charge is -2.42. The average Bonchev–Trinajstić information content (AvgIpc) is 2.84. The van der Waals surface area contributed by atoms with E-state index in [1.165, 1.54) is 31.0 Å². The summed E-state index contributed by atoms with van der Waals surface area (Å²) in [6.45, 7) is 3.44. The number of benzene rings is 1. The summed E-state index contributed by atoms with van der Waals surface area (Å²) in [6, 6.07) is 5.56. The number of pyridine rings is 1. The number of carbonyl (C=O) groups is 3. The van der Waals surface area contributed by atoms with Crippen LogP contribution < -0.4 is 5.32 Å². The molecule has 184 valence electrons. The molecule has 1 saturated carbocycles. The van der Waals surface area contributed by atoms with Gasteiger partial charge in [0.2, 0.25) is 0 Å². The molecule has 9 nitrogen and oxygen atoms in total. The molecule has 0 radical (unpaired) electrons. The van der Waals surface area contributed by atoms with Crippen molar-refractivity contribution in [2.24, 2.45) is 10.4 Å². The Balaban J connectivity index is 1.52. The van der Waals surface area contributed by atoms with Crippen molar-refractivity contribution in [2.75, 3.05) is 5.32 Å². The zero-order chi connectivity index (χ0) is 26.0. The maximum atomic E-state index is 12.7. The summed E-state index contributed by atoms with van der Waals surface area (Å²) < 4.78 is 0. The number of ketones is 1. The van der Waals surface area contributed by atoms with Gasteiger partial charge in [0.25, 0.3) is 5.91 Å². The Labute approximate surface area is 216 Å². The van der Waals surface area contributed by atoms with Gasteiger partial charge in [0.15, 0.2) is 11.8 Å². The van der Waals surface area contributed by atoms with Crippen LogP contribution in [0.15, 0.2) is 60.2 Å². The van der Waals surface area contributed by atoms with E-state index in [0.29, 0.717) is 22.7 Å². The Morgan fingerprint density at radius 2 is 1.75 bits per heavy atom. The average molecular weight is 526 g/mol. The number of nitrogens with one attached hydrogen (secondary N) is 1. The summed E-state index contributed by atoms with van der Waals surface area (Å²) >= 11 is 12.1. The molecule has 1 fully saturated rings. The lowest BCUT2D eigenvalue weighted by atomic mass is 9.60. The molecular weight excluding hydrogens is 505 g/mol. The van der Waals surface area contributed by atoms with Crippen molar-refractivity contribution in [1.29, 1.82) is 0 Å². The minimum absolute atomic E-state index is 0.0830. The van der Waals surface area contributed by atoms with E-state index < -0.39 is 29.3 Å². The van der Waals surface area contributed by atoms with Gasteiger partial charge in [-0.1, -0.05) is 35.3 Å². The predicted octanol–water partition coefficient (Wildman–Crippen LogP) is 4.26. The normalized spacial score (nSPS) is 18.4. The van der Waals surface area contributed by atoms with Crippen LogP contribution in [0.3, 0.4) is 0 Å². The van der Waals surface area contributed by atoms with Crippen LogP contribution in [0.1, 0.15) is 41.4 Å². The smallest absolute Gasteiger partial charge is 0.328 e. The van der Waals surface area contributed by atoms with E-state index in [-0.39, 0.29) is 27.8 Å². The Kier molecular flexibility index (Phi) is 7.14. The molecule has 36 heavy (non-hydrogen) atoms. The van der Waals surface area contributed by atoms with Crippen molar-refractivity contribution >= 4 is 52.3 Å². The van der Waals surface area contributed by atoms with Gasteiger partial charge in [0, 0.05) is 48.8 Å². The van der Waals surface area contributed by atoms with Gasteiger partial charge in [-0.15, -0.1) is 0 Å². The summed E-state index contributed by atoms with van der Waals surface area (Å²) in [4.78, 5) is 53.9. The fourth-order valence-electron chi connectivity index (χ4n) is 3.99. The molecule has 0 saturated heterocycles. The summed E-state index contributed by atoms with van der Waals surface area (Å²) in [5.41, 5.74) is 1.28. The van der Waals surface area contributed by atoms with Crippen LogP contribution in [0.5, 0.6) is 0 Å². The second kappa shape index (κ2) is 10.1. The number of amides is 1. The fraction of sp³-hybridized carbons (Fsp3) is 0.240. The Hall–Kier alpha value is -3.69. The van der Waals surface area contributed by atoms with Crippen LogP contribution in [0.2, 0.25) is 10.0 Å². The number of aromatic nitrogens is 3. The van der Waals surface area contributed by atoms with Crippen LogP contribution in [0.25, 0.3) is 0 Å². The molecule has 11 heteroatoms. The predicted molar refractivity (Wildman–Crippen MR) is 135 cm³/mol. The number of rotatable bonds is 7. The van der Waals surface area contributed by atoms with Crippen molar-refractivity contribution in [3.8, 4) is 0 Å². The van der Waals surface area contributed by atoms with Crippen molar-refractivity contribution in [1.82, 2.24) is 15.0 Å². The molecule has 1 aliphatic carbocycles. The Morgan fingerprint density at radius 1 is 1.08 bits per heavy atom. The number of carbonyl (C=O) groups excluding carboxylic acids is 2. The van der Waals surface area contributed by atoms with E-state index in [1.807, 2.05) is 0 Å². The highest BCUT2D eigenvalue weighted by Gasteiger charge is 2.54. The van der Waals surface area contributed by atoms with Gasteiger partial charge in [-0.2, -0.15) is 0 Å². The third-order valence-electron chi connectivity index (χ3n) is 5.97. The minimum atomic E-state index is -1.12. The Morgan fingerprint density at radius 3 is 2.33 bits per heavy atom. The van der Waals surface area contributed by atoms with Crippen molar-refractivity contribution in [3.05, 3.63) is 82.1 Å². The minimum Gasteiger partial charge on any atom is -0.480 e. The number of aliphatic carboxylic acids is 1. The third-order valence-corrected chi connectivity index (χ3v) is 6.55.